The van der Waals surface area contributed by atoms with Crippen LogP contribution in [0.25, 0.3) is 159 Å². The number of nitrogens with zero attached hydrogens (tertiary/aromatic N) is 10. The molecule has 22 heteroatoms. The van der Waals surface area contributed by atoms with Crippen molar-refractivity contribution in [2.45, 2.75) is 27.7 Å². The van der Waals surface area contributed by atoms with E-state index in [4.69, 9.17) is 29.4 Å². The minimum absolute atomic E-state index is 0.0975. The second-order valence-electron chi connectivity index (χ2n) is 35.2. The molecule has 0 aliphatic carbocycles. The van der Waals surface area contributed by atoms with Gasteiger partial charge in [0.05, 0.1) is 90.3 Å². The lowest BCUT2D eigenvalue weighted by atomic mass is 10.1. The predicted octanol–water partition coefficient (Wildman–Crippen LogP) is 25.9. The molecule has 12 aromatic carbocycles. The van der Waals surface area contributed by atoms with E-state index >= 15 is 0 Å². The summed E-state index contributed by atoms with van der Waals surface area (Å²) in [6, 6.07) is 96.9. The number of aromatic nitrogens is 14. The number of rotatable bonds is 14. The van der Waals surface area contributed by atoms with Crippen LogP contribution in [0.1, 0.15) is 111 Å². The smallest absolute Gasteiger partial charge is 0.266 e. The van der Waals surface area contributed by atoms with E-state index in [1.165, 1.54) is 0 Å². The number of nitrogens with one attached hydrogen (secondary N) is 4. The molecule has 0 saturated carbocycles. The van der Waals surface area contributed by atoms with Crippen LogP contribution < -0.4 is 31.7 Å². The fourth-order valence-electron chi connectivity index (χ4n) is 17.9. The number of pyridine rings is 2. The lowest BCUT2D eigenvalue weighted by molar-refractivity contribution is 0.415. The number of hydrogen-bond donors (Lipinski definition) is 4. The first-order valence-electron chi connectivity index (χ1n) is 48.2. The number of aromatic amines is 4. The van der Waals surface area contributed by atoms with Crippen LogP contribution in [-0.4, -0.2) is 82.3 Å². The van der Waals surface area contributed by atoms with Gasteiger partial charge in [-0.1, -0.05) is 144 Å². The third-order valence-corrected chi connectivity index (χ3v) is 27.0. The van der Waals surface area contributed by atoms with Crippen LogP contribution in [-0.2, 0) is 0 Å². The van der Waals surface area contributed by atoms with Gasteiger partial charge in [-0.3, -0.25) is 47.4 Å². The van der Waals surface area contributed by atoms with Gasteiger partial charge in [-0.05, 0) is 327 Å². The number of aryl methyl sites for hydroxylation is 4. The molecule has 720 valence electrons. The quantitative estimate of drug-likeness (QED) is 0.0743. The molecule has 24 rings (SSSR count). The number of ether oxygens (including phenoxy) is 2. The first kappa shape index (κ1) is 96.0. The molecule has 20 nitrogen and oxygen atoms in total. The Morgan fingerprint density at radius 1 is 0.267 bits per heavy atom. The van der Waals surface area contributed by atoms with Gasteiger partial charge in [-0.15, -0.1) is 22.7 Å². The number of thiophene rings is 2. The number of para-hydroxylation sites is 6. The average Bonchev–Trinajstić information content (AvgIpc) is 1.02. The fourth-order valence-corrected chi connectivity index (χ4v) is 19.1. The Hall–Kier alpha value is -20.1. The Bertz CT molecular complexity index is 10000. The van der Waals surface area contributed by atoms with Gasteiger partial charge in [0.1, 0.15) is 34.8 Å². The summed E-state index contributed by atoms with van der Waals surface area (Å²) in [5.41, 5.74) is 22.4. The van der Waals surface area contributed by atoms with Crippen LogP contribution in [0.3, 0.4) is 0 Å². The monoisotopic (exact) mass is 1980 g/mol. The Morgan fingerprint density at radius 3 is 0.833 bits per heavy atom. The van der Waals surface area contributed by atoms with Crippen molar-refractivity contribution in [2.75, 3.05) is 14.2 Å². The lowest BCUT2D eigenvalue weighted by Crippen LogP contribution is -2.23. The van der Waals surface area contributed by atoms with Crippen LogP contribution in [0.15, 0.2) is 383 Å². The van der Waals surface area contributed by atoms with E-state index in [0.717, 1.165) is 166 Å². The molecule has 0 unspecified atom stereocenters. The summed E-state index contributed by atoms with van der Waals surface area (Å²) in [5, 5.41) is 10.6. The summed E-state index contributed by atoms with van der Waals surface area (Å²) in [4.78, 5) is 97.9. The van der Waals surface area contributed by atoms with Crippen molar-refractivity contribution in [3.05, 3.63) is 516 Å². The van der Waals surface area contributed by atoms with E-state index < -0.39 is 0 Å². The lowest BCUT2D eigenvalue weighted by Gasteiger charge is -2.14. The highest BCUT2D eigenvalue weighted by Gasteiger charge is 2.21. The second-order valence-corrected chi connectivity index (χ2v) is 37.1. The molecule has 12 aromatic heterocycles. The second kappa shape index (κ2) is 43.6. The molecular weight excluding hydrogens is 1890 g/mol. The van der Waals surface area contributed by atoms with Gasteiger partial charge in [-0.25, -0.2) is 19.9 Å². The molecule has 0 atom stereocenters. The molecular formula is C128H90N14O6S2. The summed E-state index contributed by atoms with van der Waals surface area (Å²) in [6.07, 6.45) is 30.2. The van der Waals surface area contributed by atoms with Crippen LogP contribution in [0.2, 0.25) is 0 Å². The molecule has 0 aliphatic heterocycles. The van der Waals surface area contributed by atoms with Crippen LogP contribution in [0.4, 0.5) is 0 Å². The van der Waals surface area contributed by atoms with Gasteiger partial charge in [0.2, 0.25) is 0 Å². The molecule has 0 bridgehead atoms. The Kier molecular flexibility index (Phi) is 27.9. The van der Waals surface area contributed by atoms with Crippen molar-refractivity contribution in [1.29, 1.82) is 0 Å². The van der Waals surface area contributed by atoms with E-state index in [9.17, 15) is 19.2 Å². The van der Waals surface area contributed by atoms with E-state index in [0.29, 0.717) is 66.9 Å². The summed E-state index contributed by atoms with van der Waals surface area (Å²) < 4.78 is 17.5. The third kappa shape index (κ3) is 20.9. The predicted molar refractivity (Wildman–Crippen MR) is 611 cm³/mol. The van der Waals surface area contributed by atoms with E-state index in [2.05, 4.69) is 89.4 Å². The summed E-state index contributed by atoms with van der Waals surface area (Å²) in [7, 11) is 3.31. The minimum Gasteiger partial charge on any atom is -0.497 e. The van der Waals surface area contributed by atoms with Gasteiger partial charge in [0, 0.05) is 138 Å². The average molecular weight is 1980 g/mol. The summed E-state index contributed by atoms with van der Waals surface area (Å²) in [6.45, 7) is 7.96. The van der Waals surface area contributed by atoms with Crippen molar-refractivity contribution in [3.63, 3.8) is 0 Å². The third-order valence-electron chi connectivity index (χ3n) is 25.4. The van der Waals surface area contributed by atoms with E-state index in [1.807, 2.05) is 403 Å². The molecule has 0 spiro atoms. The van der Waals surface area contributed by atoms with E-state index in [-0.39, 0.29) is 22.2 Å². The maximum Gasteiger partial charge on any atom is 0.266 e. The molecule has 0 radical (unpaired) electrons. The minimum atomic E-state index is -0.127. The van der Waals surface area contributed by atoms with Crippen LogP contribution in [0, 0.1) is 75.1 Å². The SMILES string of the molecule is COc1ccc2[nH]cc(/C=C/c3nc4ccccc4c(=O)n3-c3ccc(C#Cc4cccnc4)cc3C)c2c1.COc1ccc2[nH]cc(/C=C/c3nc4ccccc4c(=O)n3-c3ccc(C#Cc4cccs4)cc3C)c2c1.Cc1cc(C#Cc2cccnc2)ccc1-n1c(/C=C/c2c[nH]c3ccccc23)nc2ccccc2c1=O.Cc1cc(C#Cc2cccs2)ccc1-n1c(/C=C/c2c[nH]c3ccccc23)nc2ccccc2c1=O. The molecule has 0 amide bonds. The first-order chi connectivity index (χ1) is 73.5. The number of H-pyrrole nitrogens is 4. The highest BCUT2D eigenvalue weighted by atomic mass is 32.1. The van der Waals surface area contributed by atoms with Gasteiger partial charge < -0.3 is 29.4 Å². The van der Waals surface area contributed by atoms with Gasteiger partial charge in [-0.2, -0.15) is 0 Å². The highest BCUT2D eigenvalue weighted by Crippen LogP contribution is 2.33. The van der Waals surface area contributed by atoms with Crippen LogP contribution in [0.5, 0.6) is 11.5 Å². The van der Waals surface area contributed by atoms with Crippen molar-refractivity contribution in [3.8, 4) is 81.6 Å². The molecule has 0 saturated heterocycles. The normalized spacial score (nSPS) is 11.2. The topological polar surface area (TPSA) is 247 Å². The molecule has 12 heterocycles. The zero-order valence-corrected chi connectivity index (χ0v) is 83.6. The Balaban J connectivity index is 0.000000117. The summed E-state index contributed by atoms with van der Waals surface area (Å²) in [5.74, 6) is 29.3. The number of methoxy groups -OCH3 is 2. The standard InChI is InChI=1S/C33H24N4O2.C32H22N4O.C32H23N3O2S.C31H21N3OS/c1-22-18-23(9-10-24-6-5-17-34-20-24)11-15-31(22)37-32(36-30-8-4-3-7-27(30)33(37)38)16-12-25-21-35-29-14-13-26(39-2)19-28(25)29;1-22-19-23(12-13-24-7-6-18-33-20-24)14-16-30(22)36-31(35-29-11-5-3-9-27(29)32(36)37)17-15-25-21-34-28-10-4-2-8-26(25)28;1-21-18-22(9-13-25-6-5-17-38-25)10-15-30(21)35-31(34-29-8-4-3-7-26(29)32(35)36)16-11-23-20-33-28-14-12-24(37-2)19-27(23)28;1-21-19-22(12-15-24-7-6-18-36-24)13-16-29(21)34-30(33-28-11-5-3-9-26(28)31(34)35)17-14-23-20-32-27-10-4-2-8-25(23)27/h3-8,11-21,35H,1-2H3;2-11,14-21,34H,1H3;3-8,10-12,14-20,33H,1-2H3;2-11,13-14,16-20,32H,1H3/b16-12+;17-15+;16-11+;17-14+. The van der Waals surface area contributed by atoms with Crippen LogP contribution >= 0.6 is 22.7 Å². The van der Waals surface area contributed by atoms with Gasteiger partial charge in [0.15, 0.2) is 0 Å². The molecule has 24 aromatic rings. The first-order valence-corrected chi connectivity index (χ1v) is 49.9. The molecule has 150 heavy (non-hydrogen) atoms. The van der Waals surface area contributed by atoms with Crippen molar-refractivity contribution in [2.24, 2.45) is 0 Å². The van der Waals surface area contributed by atoms with Crippen molar-refractivity contribution in [1.82, 2.24) is 68.1 Å². The highest BCUT2D eigenvalue weighted by molar-refractivity contribution is 7.10. The molecule has 0 aliphatic rings. The van der Waals surface area contributed by atoms with Crippen molar-refractivity contribution < 1.29 is 9.47 Å². The van der Waals surface area contributed by atoms with Gasteiger partial charge in [0.25, 0.3) is 22.2 Å². The maximum atomic E-state index is 13.8. The Labute approximate surface area is 869 Å². The zero-order valence-electron chi connectivity index (χ0n) is 82.0. The van der Waals surface area contributed by atoms with Gasteiger partial charge >= 0.3 is 0 Å². The summed E-state index contributed by atoms with van der Waals surface area (Å²) >= 11 is 3.23. The number of benzene rings is 12. The van der Waals surface area contributed by atoms with Crippen molar-refractivity contribution >= 4 is 159 Å². The van der Waals surface area contributed by atoms with E-state index in [1.54, 1.807) is 79.9 Å². The fraction of sp³-hybridized carbons (Fsp3) is 0.0469. The number of hydrogen-bond acceptors (Lipinski definition) is 14. The Morgan fingerprint density at radius 2 is 0.547 bits per heavy atom. The maximum absolute atomic E-state index is 13.8. The molecule has 0 fully saturated rings. The molecule has 4 N–H and O–H groups in total. The largest absolute Gasteiger partial charge is 0.497 e. The zero-order chi connectivity index (χ0) is 103. The number of fused-ring (bicyclic) bond motifs is 8.